The van der Waals surface area contributed by atoms with Crippen molar-refractivity contribution in [2.24, 2.45) is 5.92 Å². The van der Waals surface area contributed by atoms with E-state index in [0.717, 1.165) is 23.4 Å². The predicted octanol–water partition coefficient (Wildman–Crippen LogP) is 2.40. The molecule has 1 aliphatic heterocycles. The van der Waals surface area contributed by atoms with Gasteiger partial charge in [-0.1, -0.05) is 12.1 Å². The highest BCUT2D eigenvalue weighted by Gasteiger charge is 2.36. The van der Waals surface area contributed by atoms with Crippen LogP contribution in [0.25, 0.3) is 0 Å². The minimum absolute atomic E-state index is 0.0748. The molecule has 1 heterocycles. The fourth-order valence-corrected chi connectivity index (χ4v) is 2.92. The van der Waals surface area contributed by atoms with Crippen molar-refractivity contribution in [3.63, 3.8) is 0 Å². The van der Waals surface area contributed by atoms with Crippen molar-refractivity contribution in [3.05, 3.63) is 65.2 Å². The number of nitrogens with one attached hydrogen (secondary N) is 1. The molecule has 0 spiro atoms. The summed E-state index contributed by atoms with van der Waals surface area (Å²) in [5.41, 5.74) is 1.13. The largest absolute Gasteiger partial charge is 0.497 e. The second-order valence-electron chi connectivity index (χ2n) is 6.43. The van der Waals surface area contributed by atoms with Crippen LogP contribution < -0.4 is 10.1 Å². The maximum Gasteiger partial charge on any atom is 0.254 e. The number of ether oxygens (including phenoxy) is 1. The van der Waals surface area contributed by atoms with Gasteiger partial charge in [-0.05, 0) is 42.3 Å². The van der Waals surface area contributed by atoms with Crippen molar-refractivity contribution in [1.29, 1.82) is 0 Å². The molecule has 0 bridgehead atoms. The van der Waals surface area contributed by atoms with Crippen molar-refractivity contribution in [2.75, 3.05) is 26.7 Å². The summed E-state index contributed by atoms with van der Waals surface area (Å²) < 4.78 is 31.4. The third-order valence-electron chi connectivity index (χ3n) is 4.55. The first-order valence-electron chi connectivity index (χ1n) is 8.63. The van der Waals surface area contributed by atoms with E-state index in [1.54, 1.807) is 7.11 Å². The van der Waals surface area contributed by atoms with Crippen LogP contribution in [0.5, 0.6) is 5.75 Å². The Morgan fingerprint density at radius 2 is 1.93 bits per heavy atom. The molecule has 1 N–H and O–H groups in total. The second-order valence-corrected chi connectivity index (χ2v) is 6.43. The Morgan fingerprint density at radius 3 is 2.63 bits per heavy atom. The number of methoxy groups -OCH3 is 1. The number of halogens is 2. The van der Waals surface area contributed by atoms with Gasteiger partial charge in [0.2, 0.25) is 5.91 Å². The zero-order chi connectivity index (χ0) is 19.4. The van der Waals surface area contributed by atoms with Gasteiger partial charge in [0, 0.05) is 25.2 Å². The van der Waals surface area contributed by atoms with Crippen LogP contribution >= 0.6 is 0 Å². The molecule has 0 unspecified atom stereocenters. The van der Waals surface area contributed by atoms with E-state index in [4.69, 9.17) is 4.74 Å². The minimum Gasteiger partial charge on any atom is -0.497 e. The van der Waals surface area contributed by atoms with Gasteiger partial charge in [0.05, 0.1) is 13.0 Å². The van der Waals surface area contributed by atoms with E-state index >= 15 is 0 Å². The molecule has 3 rings (SSSR count). The van der Waals surface area contributed by atoms with Crippen molar-refractivity contribution in [1.82, 2.24) is 10.2 Å². The Labute approximate surface area is 155 Å². The monoisotopic (exact) mass is 374 g/mol. The summed E-state index contributed by atoms with van der Waals surface area (Å²) in [6.07, 6.45) is 0.674. The fourth-order valence-electron chi connectivity index (χ4n) is 2.92. The number of nitrogens with zero attached hydrogens (tertiary/aromatic N) is 1. The van der Waals surface area contributed by atoms with Gasteiger partial charge in [-0.3, -0.25) is 9.59 Å². The van der Waals surface area contributed by atoms with Crippen LogP contribution in [0.15, 0.2) is 42.5 Å². The molecule has 2 aromatic carbocycles. The summed E-state index contributed by atoms with van der Waals surface area (Å²) in [7, 11) is 1.60. The molecular formula is C20H20F2N2O3. The summed E-state index contributed by atoms with van der Waals surface area (Å²) in [5, 5.41) is 2.86. The highest BCUT2D eigenvalue weighted by Crippen LogP contribution is 2.20. The first-order chi connectivity index (χ1) is 13.0. The topological polar surface area (TPSA) is 58.6 Å². The van der Waals surface area contributed by atoms with Crippen LogP contribution in [-0.2, 0) is 11.2 Å². The molecule has 1 saturated heterocycles. The molecule has 7 heteroatoms. The lowest BCUT2D eigenvalue weighted by Crippen LogP contribution is -2.55. The van der Waals surface area contributed by atoms with Crippen molar-refractivity contribution < 1.29 is 23.1 Å². The number of rotatable bonds is 6. The lowest BCUT2D eigenvalue weighted by molar-refractivity contribution is -0.128. The minimum atomic E-state index is -1.06. The number of hydrogen-bond acceptors (Lipinski definition) is 3. The van der Waals surface area contributed by atoms with Crippen LogP contribution in [0.1, 0.15) is 15.9 Å². The first kappa shape index (κ1) is 18.8. The van der Waals surface area contributed by atoms with Gasteiger partial charge < -0.3 is 15.0 Å². The van der Waals surface area contributed by atoms with E-state index < -0.39 is 17.5 Å². The van der Waals surface area contributed by atoms with Gasteiger partial charge in [-0.25, -0.2) is 8.78 Å². The maximum atomic E-state index is 13.2. The number of benzene rings is 2. The van der Waals surface area contributed by atoms with Crippen molar-refractivity contribution >= 4 is 11.8 Å². The van der Waals surface area contributed by atoms with Gasteiger partial charge in [0.25, 0.3) is 5.91 Å². The Hall–Kier alpha value is -2.96. The van der Waals surface area contributed by atoms with E-state index in [2.05, 4.69) is 5.32 Å². The molecule has 0 atom stereocenters. The number of likely N-dealkylation sites (tertiary alicyclic amines) is 1. The number of amides is 2. The molecule has 2 amide bonds. The molecule has 27 heavy (non-hydrogen) atoms. The van der Waals surface area contributed by atoms with Crippen molar-refractivity contribution in [3.8, 4) is 5.75 Å². The molecule has 0 radical (unpaired) electrons. The number of carbonyl (C=O) groups is 2. The van der Waals surface area contributed by atoms with Gasteiger partial charge >= 0.3 is 0 Å². The van der Waals surface area contributed by atoms with E-state index in [1.165, 1.54) is 11.0 Å². The fraction of sp³-hybridized carbons (Fsp3) is 0.300. The third kappa shape index (κ3) is 4.42. The molecule has 142 valence electrons. The van der Waals surface area contributed by atoms with E-state index in [-0.39, 0.29) is 30.5 Å². The molecular weight excluding hydrogens is 354 g/mol. The lowest BCUT2D eigenvalue weighted by Gasteiger charge is -2.38. The van der Waals surface area contributed by atoms with E-state index in [0.29, 0.717) is 13.0 Å². The van der Waals surface area contributed by atoms with Gasteiger partial charge in [0.1, 0.15) is 5.75 Å². The molecule has 1 fully saturated rings. The van der Waals surface area contributed by atoms with Crippen LogP contribution in [0.4, 0.5) is 8.78 Å². The molecule has 1 aliphatic rings. The number of carbonyl (C=O) groups excluding carboxylic acids is 2. The van der Waals surface area contributed by atoms with Crippen molar-refractivity contribution in [2.45, 2.75) is 6.42 Å². The Balaban J connectivity index is 1.44. The zero-order valence-corrected chi connectivity index (χ0v) is 14.9. The molecule has 0 aromatic heterocycles. The molecule has 5 nitrogen and oxygen atoms in total. The highest BCUT2D eigenvalue weighted by molar-refractivity contribution is 5.96. The smallest absolute Gasteiger partial charge is 0.254 e. The normalized spacial score (nSPS) is 13.8. The van der Waals surface area contributed by atoms with Gasteiger partial charge in [-0.2, -0.15) is 0 Å². The van der Waals surface area contributed by atoms with Gasteiger partial charge in [0.15, 0.2) is 11.6 Å². The molecule has 0 aliphatic carbocycles. The Morgan fingerprint density at radius 1 is 1.15 bits per heavy atom. The Bertz CT molecular complexity index is 851. The quantitative estimate of drug-likeness (QED) is 0.845. The standard InChI is InChI=1S/C20H20F2N2O3/c1-27-16-4-2-3-13(9-16)7-8-23-19(25)15-11-24(12-15)20(26)14-5-6-17(21)18(22)10-14/h2-6,9-10,15H,7-8,11-12H2,1H3,(H,23,25). The SMILES string of the molecule is COc1cccc(CCNC(=O)C2CN(C(=O)c3ccc(F)c(F)c3)C2)c1. The van der Waals surface area contributed by atoms with Crippen LogP contribution in [0, 0.1) is 17.6 Å². The molecule has 2 aromatic rings. The molecule has 0 saturated carbocycles. The summed E-state index contributed by atoms with van der Waals surface area (Å²) in [5.74, 6) is -2.10. The third-order valence-corrected chi connectivity index (χ3v) is 4.55. The van der Waals surface area contributed by atoms with Gasteiger partial charge in [-0.15, -0.1) is 0 Å². The average Bonchev–Trinajstić information content (AvgIpc) is 2.63. The average molecular weight is 374 g/mol. The van der Waals surface area contributed by atoms with E-state index in [1.807, 2.05) is 24.3 Å². The van der Waals surface area contributed by atoms with Crippen LogP contribution in [0.3, 0.4) is 0 Å². The van der Waals surface area contributed by atoms with Crippen LogP contribution in [0.2, 0.25) is 0 Å². The summed E-state index contributed by atoms with van der Waals surface area (Å²) in [4.78, 5) is 25.8. The summed E-state index contributed by atoms with van der Waals surface area (Å²) >= 11 is 0. The zero-order valence-electron chi connectivity index (χ0n) is 14.9. The first-order valence-corrected chi connectivity index (χ1v) is 8.63. The second kappa shape index (κ2) is 8.16. The highest BCUT2D eigenvalue weighted by atomic mass is 19.2. The summed E-state index contributed by atoms with van der Waals surface area (Å²) in [6, 6.07) is 10.7. The summed E-state index contributed by atoms with van der Waals surface area (Å²) in [6.45, 7) is 1.02. The Kier molecular flexibility index (Phi) is 5.69. The predicted molar refractivity (Wildman–Crippen MR) is 95.5 cm³/mol. The maximum absolute atomic E-state index is 13.2. The lowest BCUT2D eigenvalue weighted by atomic mass is 9.97. The van der Waals surface area contributed by atoms with Crippen LogP contribution in [-0.4, -0.2) is 43.5 Å². The number of hydrogen-bond donors (Lipinski definition) is 1. The van der Waals surface area contributed by atoms with E-state index in [9.17, 15) is 18.4 Å².